The van der Waals surface area contributed by atoms with E-state index in [0.29, 0.717) is 17.1 Å². The third kappa shape index (κ3) is 3.22. The number of rotatable bonds is 3. The molecule has 0 aliphatic heterocycles. The summed E-state index contributed by atoms with van der Waals surface area (Å²) in [5, 5.41) is 3.49. The molecule has 1 aliphatic carbocycles. The topological polar surface area (TPSA) is 46.9 Å². The summed E-state index contributed by atoms with van der Waals surface area (Å²) in [7, 11) is 1.73. The highest BCUT2D eigenvalue weighted by Crippen LogP contribution is 2.27. The second-order valence-electron chi connectivity index (χ2n) is 4.69. The minimum absolute atomic E-state index is 0.0708. The fourth-order valence-electron chi connectivity index (χ4n) is 2.19. The van der Waals surface area contributed by atoms with Gasteiger partial charge in [-0.05, 0) is 31.6 Å². The van der Waals surface area contributed by atoms with Gasteiger partial charge in [-0.3, -0.25) is 4.79 Å². The van der Waals surface area contributed by atoms with Gasteiger partial charge in [0.15, 0.2) is 5.82 Å². The number of alkyl halides is 1. The van der Waals surface area contributed by atoms with Gasteiger partial charge in [0.2, 0.25) is 0 Å². The van der Waals surface area contributed by atoms with Crippen LogP contribution >= 0.6 is 11.6 Å². The number of aryl methyl sites for hydroxylation is 1. The number of nitrogens with one attached hydrogen (secondary N) is 1. The molecule has 5 heteroatoms. The third-order valence-electron chi connectivity index (χ3n) is 3.35. The Morgan fingerprint density at radius 1 is 1.47 bits per heavy atom. The molecule has 0 spiro atoms. The number of aromatic nitrogens is 2. The smallest absolute Gasteiger partial charge is 0.293 e. The van der Waals surface area contributed by atoms with Gasteiger partial charge in [0.05, 0.1) is 0 Å². The zero-order valence-electron chi connectivity index (χ0n) is 10.0. The molecule has 1 aromatic rings. The molecule has 1 aromatic heterocycles. The summed E-state index contributed by atoms with van der Waals surface area (Å²) in [5.74, 6) is 1.06. The Morgan fingerprint density at radius 3 is 2.88 bits per heavy atom. The van der Waals surface area contributed by atoms with E-state index in [0.717, 1.165) is 32.2 Å². The van der Waals surface area contributed by atoms with Gasteiger partial charge in [0, 0.05) is 31.4 Å². The highest BCUT2D eigenvalue weighted by molar-refractivity contribution is 6.20. The number of hydrogen-bond donors (Lipinski definition) is 1. The SMILES string of the molecule is Cn1ccnc(NCC2CCC(Cl)CC2)c1=O. The number of nitrogens with zero attached hydrogens (tertiary/aromatic N) is 2. The maximum Gasteiger partial charge on any atom is 0.293 e. The van der Waals surface area contributed by atoms with E-state index in [-0.39, 0.29) is 5.56 Å². The average Bonchev–Trinajstić information content (AvgIpc) is 2.33. The number of anilines is 1. The largest absolute Gasteiger partial charge is 0.365 e. The first kappa shape index (κ1) is 12.4. The van der Waals surface area contributed by atoms with E-state index < -0.39 is 0 Å². The van der Waals surface area contributed by atoms with Gasteiger partial charge in [-0.1, -0.05) is 0 Å². The lowest BCUT2D eigenvalue weighted by Gasteiger charge is -2.25. The van der Waals surface area contributed by atoms with E-state index in [9.17, 15) is 4.79 Å². The quantitative estimate of drug-likeness (QED) is 0.841. The molecule has 2 rings (SSSR count). The summed E-state index contributed by atoms with van der Waals surface area (Å²) in [4.78, 5) is 15.8. The van der Waals surface area contributed by atoms with Crippen LogP contribution < -0.4 is 10.9 Å². The van der Waals surface area contributed by atoms with Crippen molar-refractivity contribution >= 4 is 17.4 Å². The van der Waals surface area contributed by atoms with Crippen molar-refractivity contribution in [1.29, 1.82) is 0 Å². The highest BCUT2D eigenvalue weighted by Gasteiger charge is 2.19. The van der Waals surface area contributed by atoms with Crippen molar-refractivity contribution in [1.82, 2.24) is 9.55 Å². The van der Waals surface area contributed by atoms with E-state index in [1.165, 1.54) is 4.57 Å². The van der Waals surface area contributed by atoms with Gasteiger partial charge in [-0.15, -0.1) is 11.6 Å². The molecule has 94 valence electrons. The summed E-state index contributed by atoms with van der Waals surface area (Å²) in [6, 6.07) is 0. The van der Waals surface area contributed by atoms with Crippen molar-refractivity contribution < 1.29 is 0 Å². The van der Waals surface area contributed by atoms with E-state index in [4.69, 9.17) is 11.6 Å². The van der Waals surface area contributed by atoms with Crippen LogP contribution in [0.4, 0.5) is 5.82 Å². The zero-order chi connectivity index (χ0) is 12.3. The lowest BCUT2D eigenvalue weighted by Crippen LogP contribution is -2.26. The van der Waals surface area contributed by atoms with Gasteiger partial charge in [-0.25, -0.2) is 4.98 Å². The highest BCUT2D eigenvalue weighted by atomic mass is 35.5. The van der Waals surface area contributed by atoms with Crippen LogP contribution in [0.15, 0.2) is 17.2 Å². The molecule has 1 saturated carbocycles. The molecule has 4 nitrogen and oxygen atoms in total. The van der Waals surface area contributed by atoms with Crippen molar-refractivity contribution in [3.63, 3.8) is 0 Å². The zero-order valence-corrected chi connectivity index (χ0v) is 10.8. The van der Waals surface area contributed by atoms with Crippen molar-refractivity contribution in [3.8, 4) is 0 Å². The van der Waals surface area contributed by atoms with Crippen LogP contribution in [-0.4, -0.2) is 21.5 Å². The second-order valence-corrected chi connectivity index (χ2v) is 5.31. The first-order valence-corrected chi connectivity index (χ1v) is 6.50. The molecule has 1 N–H and O–H groups in total. The van der Waals surface area contributed by atoms with Crippen LogP contribution in [0.5, 0.6) is 0 Å². The van der Waals surface area contributed by atoms with Crippen molar-refractivity contribution in [2.75, 3.05) is 11.9 Å². The van der Waals surface area contributed by atoms with Crippen molar-refractivity contribution in [3.05, 3.63) is 22.7 Å². The predicted molar refractivity (Wildman–Crippen MR) is 69.6 cm³/mol. The van der Waals surface area contributed by atoms with E-state index in [1.807, 2.05) is 0 Å². The molecule has 0 amide bonds. The van der Waals surface area contributed by atoms with Gasteiger partial charge < -0.3 is 9.88 Å². The first-order valence-electron chi connectivity index (χ1n) is 6.06. The van der Waals surface area contributed by atoms with Crippen LogP contribution in [-0.2, 0) is 7.05 Å². The predicted octanol–water partition coefficient (Wildman–Crippen LogP) is 1.99. The average molecular weight is 256 g/mol. The molecule has 1 heterocycles. The van der Waals surface area contributed by atoms with Crippen LogP contribution in [0.1, 0.15) is 25.7 Å². The van der Waals surface area contributed by atoms with Gasteiger partial charge in [0.25, 0.3) is 5.56 Å². The molecular formula is C12H18ClN3O. The second kappa shape index (κ2) is 5.54. The molecule has 1 fully saturated rings. The molecule has 0 saturated heterocycles. The number of halogens is 1. The molecule has 0 unspecified atom stereocenters. The summed E-state index contributed by atoms with van der Waals surface area (Å²) in [6.07, 6.45) is 7.72. The maximum atomic E-state index is 11.7. The van der Waals surface area contributed by atoms with Crippen LogP contribution in [0, 0.1) is 5.92 Å². The summed E-state index contributed by atoms with van der Waals surface area (Å²) >= 11 is 6.06. The number of hydrogen-bond acceptors (Lipinski definition) is 3. The van der Waals surface area contributed by atoms with E-state index >= 15 is 0 Å². The van der Waals surface area contributed by atoms with Crippen molar-refractivity contribution in [2.45, 2.75) is 31.1 Å². The van der Waals surface area contributed by atoms with E-state index in [2.05, 4.69) is 10.3 Å². The monoisotopic (exact) mass is 255 g/mol. The van der Waals surface area contributed by atoms with Crippen LogP contribution in [0.25, 0.3) is 0 Å². The Balaban J connectivity index is 1.90. The van der Waals surface area contributed by atoms with Crippen LogP contribution in [0.2, 0.25) is 0 Å². The molecular weight excluding hydrogens is 238 g/mol. The molecule has 0 bridgehead atoms. The third-order valence-corrected chi connectivity index (χ3v) is 3.79. The first-order chi connectivity index (χ1) is 8.16. The van der Waals surface area contributed by atoms with Crippen molar-refractivity contribution in [2.24, 2.45) is 13.0 Å². The Kier molecular flexibility index (Phi) is 4.05. The van der Waals surface area contributed by atoms with Crippen LogP contribution in [0.3, 0.4) is 0 Å². The van der Waals surface area contributed by atoms with E-state index in [1.54, 1.807) is 19.4 Å². The molecule has 0 atom stereocenters. The minimum Gasteiger partial charge on any atom is -0.365 e. The lowest BCUT2D eigenvalue weighted by atomic mass is 9.89. The Morgan fingerprint density at radius 2 is 2.18 bits per heavy atom. The normalized spacial score (nSPS) is 24.6. The Bertz CT molecular complexity index is 424. The van der Waals surface area contributed by atoms with Gasteiger partial charge in [0.1, 0.15) is 0 Å². The molecule has 0 aromatic carbocycles. The molecule has 17 heavy (non-hydrogen) atoms. The summed E-state index contributed by atoms with van der Waals surface area (Å²) in [6.45, 7) is 0.815. The maximum absolute atomic E-state index is 11.7. The van der Waals surface area contributed by atoms with Gasteiger partial charge in [-0.2, -0.15) is 0 Å². The molecule has 0 radical (unpaired) electrons. The molecule has 1 aliphatic rings. The minimum atomic E-state index is -0.0708. The van der Waals surface area contributed by atoms with Gasteiger partial charge >= 0.3 is 0 Å². The summed E-state index contributed by atoms with van der Waals surface area (Å²) in [5.41, 5.74) is -0.0708. The fourth-order valence-corrected chi connectivity index (χ4v) is 2.44. The Hall–Kier alpha value is -1.03. The summed E-state index contributed by atoms with van der Waals surface area (Å²) < 4.78 is 1.53. The fraction of sp³-hybridized carbons (Fsp3) is 0.667. The lowest BCUT2D eigenvalue weighted by molar-refractivity contribution is 0.377. The Labute approximate surface area is 106 Å². The standard InChI is InChI=1S/C12H18ClN3O/c1-16-7-6-14-11(12(16)17)15-8-9-2-4-10(13)5-3-9/h6-7,9-10H,2-5,8H2,1H3,(H,14,15).